The second kappa shape index (κ2) is 4.96. The van der Waals surface area contributed by atoms with Gasteiger partial charge in [0.15, 0.2) is 0 Å². The minimum atomic E-state index is -0.944. The first-order valence-corrected chi connectivity index (χ1v) is 7.04. The number of hydrogen-bond acceptors (Lipinski definition) is 3. The molecule has 5 nitrogen and oxygen atoms in total. The number of aliphatic carboxylic acids is 1. The minimum Gasteiger partial charge on any atom is -0.481 e. The fraction of sp³-hybridized carbons (Fsp3) is 0.714. The number of hydrogen-bond donors (Lipinski definition) is 2. The molecule has 0 radical (unpaired) electrons. The van der Waals surface area contributed by atoms with Crippen LogP contribution in [0.2, 0.25) is 0 Å². The van der Waals surface area contributed by atoms with E-state index in [1.165, 1.54) is 6.42 Å². The molecule has 2 fully saturated rings. The van der Waals surface area contributed by atoms with Crippen LogP contribution in [0.3, 0.4) is 0 Å². The molecule has 0 aromatic rings. The Hall–Kier alpha value is -1.36. The summed E-state index contributed by atoms with van der Waals surface area (Å²) < 4.78 is 5.52. The van der Waals surface area contributed by atoms with E-state index in [1.807, 2.05) is 6.08 Å². The highest BCUT2D eigenvalue weighted by atomic mass is 16.5. The smallest absolute Gasteiger partial charge is 0.310 e. The molecule has 2 N–H and O–H groups in total. The maximum Gasteiger partial charge on any atom is 0.310 e. The summed E-state index contributed by atoms with van der Waals surface area (Å²) in [6, 6.07) is 0.207. The summed E-state index contributed by atoms with van der Waals surface area (Å²) in [5.74, 6) is -2.41. The first-order chi connectivity index (χ1) is 9.16. The van der Waals surface area contributed by atoms with Crippen LogP contribution in [0.15, 0.2) is 12.2 Å². The second-order valence-corrected chi connectivity index (χ2v) is 5.68. The van der Waals surface area contributed by atoms with Gasteiger partial charge in [0.05, 0.1) is 18.1 Å². The molecule has 1 amide bonds. The summed E-state index contributed by atoms with van der Waals surface area (Å²) >= 11 is 0. The molecule has 3 rings (SSSR count). The first-order valence-electron chi connectivity index (χ1n) is 7.04. The van der Waals surface area contributed by atoms with Crippen molar-refractivity contribution < 1.29 is 19.4 Å². The number of amides is 1. The number of carboxylic acids is 1. The zero-order chi connectivity index (χ0) is 13.4. The number of ether oxygens (including phenoxy) is 1. The molecule has 2 heterocycles. The van der Waals surface area contributed by atoms with Crippen molar-refractivity contribution in [3.63, 3.8) is 0 Å². The van der Waals surface area contributed by atoms with Crippen LogP contribution >= 0.6 is 0 Å². The Bertz CT molecular complexity index is 414. The fourth-order valence-corrected chi connectivity index (χ4v) is 3.46. The third-order valence-corrected chi connectivity index (χ3v) is 4.44. The Kier molecular flexibility index (Phi) is 3.31. The van der Waals surface area contributed by atoms with Gasteiger partial charge in [0.2, 0.25) is 5.91 Å². The molecular formula is C14H19NO4. The molecule has 104 valence electrons. The van der Waals surface area contributed by atoms with Gasteiger partial charge in [-0.2, -0.15) is 0 Å². The lowest BCUT2D eigenvalue weighted by Crippen LogP contribution is -2.46. The Labute approximate surface area is 112 Å². The van der Waals surface area contributed by atoms with Gasteiger partial charge >= 0.3 is 5.97 Å². The molecule has 1 saturated heterocycles. The van der Waals surface area contributed by atoms with Crippen molar-refractivity contribution in [2.75, 3.05) is 0 Å². The molecule has 2 bridgehead atoms. The molecule has 19 heavy (non-hydrogen) atoms. The number of carbonyl (C=O) groups excluding carboxylic acids is 1. The topological polar surface area (TPSA) is 75.6 Å². The van der Waals surface area contributed by atoms with Gasteiger partial charge in [-0.05, 0) is 12.8 Å². The summed E-state index contributed by atoms with van der Waals surface area (Å²) in [5.41, 5.74) is 0. The average Bonchev–Trinajstić information content (AvgIpc) is 2.99. The lowest BCUT2D eigenvalue weighted by molar-refractivity contribution is -0.146. The molecule has 2 aliphatic heterocycles. The van der Waals surface area contributed by atoms with Crippen molar-refractivity contribution in [1.82, 2.24) is 5.32 Å². The molecule has 0 aromatic carbocycles. The van der Waals surface area contributed by atoms with Crippen LogP contribution in [0.5, 0.6) is 0 Å². The molecular weight excluding hydrogens is 246 g/mol. The molecule has 0 spiro atoms. The molecule has 3 aliphatic rings. The minimum absolute atomic E-state index is 0.156. The third kappa shape index (κ3) is 2.27. The molecule has 0 unspecified atom stereocenters. The van der Waals surface area contributed by atoms with E-state index in [4.69, 9.17) is 4.74 Å². The van der Waals surface area contributed by atoms with E-state index in [0.717, 1.165) is 25.7 Å². The zero-order valence-corrected chi connectivity index (χ0v) is 10.7. The lowest BCUT2D eigenvalue weighted by atomic mass is 9.82. The van der Waals surface area contributed by atoms with Gasteiger partial charge < -0.3 is 15.2 Å². The quantitative estimate of drug-likeness (QED) is 0.749. The van der Waals surface area contributed by atoms with Crippen LogP contribution in [0, 0.1) is 11.8 Å². The maximum atomic E-state index is 12.3. The van der Waals surface area contributed by atoms with E-state index in [9.17, 15) is 14.7 Å². The third-order valence-electron chi connectivity index (χ3n) is 4.44. The Balaban J connectivity index is 1.68. The number of carboxylic acid groups (broad SMARTS) is 1. The predicted octanol–water partition coefficient (Wildman–Crippen LogP) is 1.09. The van der Waals surface area contributed by atoms with Gasteiger partial charge in [-0.1, -0.05) is 31.4 Å². The van der Waals surface area contributed by atoms with Crippen LogP contribution in [0.1, 0.15) is 32.1 Å². The van der Waals surface area contributed by atoms with E-state index in [1.54, 1.807) is 6.08 Å². The van der Waals surface area contributed by atoms with E-state index >= 15 is 0 Å². The Morgan fingerprint density at radius 1 is 1.05 bits per heavy atom. The summed E-state index contributed by atoms with van der Waals surface area (Å²) in [4.78, 5) is 23.6. The van der Waals surface area contributed by atoms with Crippen LogP contribution in [0.25, 0.3) is 0 Å². The largest absolute Gasteiger partial charge is 0.481 e. The van der Waals surface area contributed by atoms with E-state index in [-0.39, 0.29) is 18.1 Å². The average molecular weight is 265 g/mol. The first kappa shape index (κ1) is 12.7. The molecule has 1 aliphatic carbocycles. The number of fused-ring (bicyclic) bond motifs is 2. The highest BCUT2D eigenvalue weighted by molar-refractivity contribution is 5.87. The van der Waals surface area contributed by atoms with Gasteiger partial charge in [-0.15, -0.1) is 0 Å². The molecule has 5 heteroatoms. The predicted molar refractivity (Wildman–Crippen MR) is 67.4 cm³/mol. The highest BCUT2D eigenvalue weighted by Gasteiger charge is 2.53. The fourth-order valence-electron chi connectivity index (χ4n) is 3.46. The van der Waals surface area contributed by atoms with Gasteiger partial charge in [0.1, 0.15) is 5.92 Å². The van der Waals surface area contributed by atoms with E-state index in [0.29, 0.717) is 0 Å². The van der Waals surface area contributed by atoms with Gasteiger partial charge in [-0.3, -0.25) is 9.59 Å². The summed E-state index contributed by atoms with van der Waals surface area (Å²) in [5, 5.41) is 12.3. The highest BCUT2D eigenvalue weighted by Crippen LogP contribution is 2.39. The van der Waals surface area contributed by atoms with Crippen LogP contribution in [-0.4, -0.2) is 35.2 Å². The van der Waals surface area contributed by atoms with Crippen molar-refractivity contribution in [3.05, 3.63) is 12.2 Å². The zero-order valence-electron chi connectivity index (χ0n) is 10.7. The number of rotatable bonds is 3. The number of carbonyl (C=O) groups is 2. The summed E-state index contributed by atoms with van der Waals surface area (Å²) in [6.07, 6.45) is 8.27. The van der Waals surface area contributed by atoms with E-state index in [2.05, 4.69) is 5.32 Å². The van der Waals surface area contributed by atoms with Gasteiger partial charge in [-0.25, -0.2) is 0 Å². The van der Waals surface area contributed by atoms with E-state index < -0.39 is 23.9 Å². The maximum absolute atomic E-state index is 12.3. The van der Waals surface area contributed by atoms with Crippen molar-refractivity contribution in [1.29, 1.82) is 0 Å². The lowest BCUT2D eigenvalue weighted by Gasteiger charge is -2.27. The SMILES string of the molecule is O=C(NC1CCCCC1)[C@@H]1[C@H](C(=O)O)[C@H]2C=C[C@H]1O2. The summed E-state index contributed by atoms with van der Waals surface area (Å²) in [7, 11) is 0. The van der Waals surface area contributed by atoms with Crippen LogP contribution in [-0.2, 0) is 14.3 Å². The molecule has 4 atom stereocenters. The van der Waals surface area contributed by atoms with Gasteiger partial charge in [0, 0.05) is 6.04 Å². The van der Waals surface area contributed by atoms with Gasteiger partial charge in [0.25, 0.3) is 0 Å². The van der Waals surface area contributed by atoms with Crippen molar-refractivity contribution in [2.24, 2.45) is 11.8 Å². The second-order valence-electron chi connectivity index (χ2n) is 5.68. The van der Waals surface area contributed by atoms with Crippen molar-refractivity contribution >= 4 is 11.9 Å². The molecule has 0 aromatic heterocycles. The number of nitrogens with one attached hydrogen (secondary N) is 1. The Morgan fingerprint density at radius 3 is 2.32 bits per heavy atom. The van der Waals surface area contributed by atoms with Crippen LogP contribution in [0.4, 0.5) is 0 Å². The van der Waals surface area contributed by atoms with Crippen molar-refractivity contribution in [3.8, 4) is 0 Å². The Morgan fingerprint density at radius 2 is 1.68 bits per heavy atom. The standard InChI is InChI=1S/C14H19NO4/c16-13(15-8-4-2-1-3-5-8)11-9-6-7-10(19-9)12(11)14(17)18/h6-12H,1-5H2,(H,15,16)(H,17,18)/t9-,10-,11+,12-/m1/s1. The summed E-state index contributed by atoms with van der Waals surface area (Å²) in [6.45, 7) is 0. The normalized spacial score (nSPS) is 37.5. The monoisotopic (exact) mass is 265 g/mol. The van der Waals surface area contributed by atoms with Crippen molar-refractivity contribution in [2.45, 2.75) is 50.4 Å². The van der Waals surface area contributed by atoms with Crippen LogP contribution < -0.4 is 5.32 Å². The molecule has 1 saturated carbocycles.